The van der Waals surface area contributed by atoms with E-state index >= 15 is 0 Å². The van der Waals surface area contributed by atoms with Gasteiger partial charge in [-0.3, -0.25) is 4.99 Å². The molecule has 17 heavy (non-hydrogen) atoms. The van der Waals surface area contributed by atoms with Crippen molar-refractivity contribution in [1.29, 1.82) is 0 Å². The SMILES string of the molecule is CCCC(C)NC1=NC(c2ccccc2)CS1. The van der Waals surface area contributed by atoms with Gasteiger partial charge in [-0.25, -0.2) is 0 Å². The van der Waals surface area contributed by atoms with Gasteiger partial charge in [0.05, 0.1) is 6.04 Å². The summed E-state index contributed by atoms with van der Waals surface area (Å²) in [6.45, 7) is 4.44. The van der Waals surface area contributed by atoms with Gasteiger partial charge in [0.1, 0.15) is 0 Å². The molecule has 3 heteroatoms. The van der Waals surface area contributed by atoms with E-state index in [9.17, 15) is 0 Å². The molecule has 0 amide bonds. The third-order valence-corrected chi connectivity index (χ3v) is 3.91. The van der Waals surface area contributed by atoms with Crippen LogP contribution in [-0.4, -0.2) is 17.0 Å². The molecule has 1 aromatic rings. The van der Waals surface area contributed by atoms with Gasteiger partial charge in [0.25, 0.3) is 0 Å². The molecule has 92 valence electrons. The number of hydrogen-bond donors (Lipinski definition) is 1. The molecule has 1 heterocycles. The highest BCUT2D eigenvalue weighted by Gasteiger charge is 2.20. The summed E-state index contributed by atoms with van der Waals surface area (Å²) in [5, 5.41) is 4.60. The van der Waals surface area contributed by atoms with Crippen LogP contribution in [0.1, 0.15) is 38.3 Å². The first kappa shape index (κ1) is 12.5. The smallest absolute Gasteiger partial charge is 0.157 e. The molecule has 1 N–H and O–H groups in total. The summed E-state index contributed by atoms with van der Waals surface area (Å²) in [5.74, 6) is 1.06. The van der Waals surface area contributed by atoms with Crippen molar-refractivity contribution < 1.29 is 0 Å². The highest BCUT2D eigenvalue weighted by atomic mass is 32.2. The lowest BCUT2D eigenvalue weighted by molar-refractivity contribution is 0.599. The van der Waals surface area contributed by atoms with Crippen molar-refractivity contribution in [1.82, 2.24) is 5.32 Å². The number of benzene rings is 1. The predicted octanol–water partition coefficient (Wildman–Crippen LogP) is 3.61. The zero-order chi connectivity index (χ0) is 12.1. The molecule has 0 radical (unpaired) electrons. The van der Waals surface area contributed by atoms with Crippen molar-refractivity contribution >= 4 is 16.9 Å². The second-order valence-corrected chi connectivity index (χ2v) is 5.51. The fraction of sp³-hybridized carbons (Fsp3) is 0.500. The van der Waals surface area contributed by atoms with Crippen LogP contribution in [0.15, 0.2) is 35.3 Å². The molecule has 1 aromatic carbocycles. The molecule has 2 rings (SSSR count). The molecule has 1 aliphatic heterocycles. The summed E-state index contributed by atoms with van der Waals surface area (Å²) in [6, 6.07) is 11.4. The van der Waals surface area contributed by atoms with Crippen molar-refractivity contribution in [2.24, 2.45) is 4.99 Å². The van der Waals surface area contributed by atoms with Crippen molar-refractivity contribution in [3.05, 3.63) is 35.9 Å². The Morgan fingerprint density at radius 1 is 1.41 bits per heavy atom. The van der Waals surface area contributed by atoms with E-state index in [0.717, 1.165) is 10.9 Å². The Labute approximate surface area is 108 Å². The van der Waals surface area contributed by atoms with Gasteiger partial charge in [-0.15, -0.1) is 0 Å². The maximum atomic E-state index is 4.75. The van der Waals surface area contributed by atoms with Crippen LogP contribution in [-0.2, 0) is 0 Å². The van der Waals surface area contributed by atoms with Crippen molar-refractivity contribution in [3.8, 4) is 0 Å². The van der Waals surface area contributed by atoms with Gasteiger partial charge in [0, 0.05) is 11.8 Å². The largest absolute Gasteiger partial charge is 0.362 e. The molecule has 0 aromatic heterocycles. The highest BCUT2D eigenvalue weighted by molar-refractivity contribution is 8.14. The zero-order valence-corrected chi connectivity index (χ0v) is 11.3. The highest BCUT2D eigenvalue weighted by Crippen LogP contribution is 2.29. The number of rotatable bonds is 4. The van der Waals surface area contributed by atoms with Gasteiger partial charge >= 0.3 is 0 Å². The van der Waals surface area contributed by atoms with Crippen LogP contribution < -0.4 is 5.32 Å². The van der Waals surface area contributed by atoms with Crippen LogP contribution in [0.5, 0.6) is 0 Å². The van der Waals surface area contributed by atoms with Gasteiger partial charge in [-0.05, 0) is 18.9 Å². The van der Waals surface area contributed by atoms with Gasteiger partial charge in [0.15, 0.2) is 5.17 Å². The number of thioether (sulfide) groups is 1. The standard InChI is InChI=1S/C14H20N2S/c1-3-7-11(2)15-14-16-13(10-17-14)12-8-5-4-6-9-12/h4-6,8-9,11,13H,3,7,10H2,1-2H3,(H,15,16). The fourth-order valence-electron chi connectivity index (χ4n) is 2.01. The first-order valence-electron chi connectivity index (χ1n) is 6.31. The van der Waals surface area contributed by atoms with E-state index < -0.39 is 0 Å². The average Bonchev–Trinajstić information content (AvgIpc) is 2.79. The second kappa shape index (κ2) is 6.10. The summed E-state index contributed by atoms with van der Waals surface area (Å²) in [6.07, 6.45) is 2.42. The van der Waals surface area contributed by atoms with Crippen molar-refractivity contribution in [2.75, 3.05) is 5.75 Å². The predicted molar refractivity (Wildman–Crippen MR) is 76.6 cm³/mol. The summed E-state index contributed by atoms with van der Waals surface area (Å²) in [5.41, 5.74) is 1.32. The molecule has 2 nitrogen and oxygen atoms in total. The Morgan fingerprint density at radius 3 is 2.88 bits per heavy atom. The minimum absolute atomic E-state index is 0.331. The monoisotopic (exact) mass is 248 g/mol. The quantitative estimate of drug-likeness (QED) is 0.880. The third-order valence-electron chi connectivity index (χ3n) is 2.93. The van der Waals surface area contributed by atoms with E-state index in [-0.39, 0.29) is 0 Å². The first-order chi connectivity index (χ1) is 8.29. The number of amidine groups is 1. The van der Waals surface area contributed by atoms with Gasteiger partial charge < -0.3 is 5.32 Å². The normalized spacial score (nSPS) is 21.1. The van der Waals surface area contributed by atoms with Crippen LogP contribution in [0.4, 0.5) is 0 Å². The summed E-state index contributed by atoms with van der Waals surface area (Å²) < 4.78 is 0. The van der Waals surface area contributed by atoms with Crippen LogP contribution in [0.3, 0.4) is 0 Å². The minimum Gasteiger partial charge on any atom is -0.362 e. The minimum atomic E-state index is 0.331. The lowest BCUT2D eigenvalue weighted by Gasteiger charge is -2.12. The Hall–Kier alpha value is -0.960. The van der Waals surface area contributed by atoms with Gasteiger partial charge in [-0.1, -0.05) is 55.4 Å². The molecular formula is C14H20N2S. The molecule has 0 fully saturated rings. The number of hydrogen-bond acceptors (Lipinski definition) is 3. The Kier molecular flexibility index (Phi) is 4.49. The van der Waals surface area contributed by atoms with E-state index in [2.05, 4.69) is 49.5 Å². The molecule has 0 spiro atoms. The Bertz CT molecular complexity index is 375. The molecule has 0 saturated carbocycles. The van der Waals surface area contributed by atoms with Crippen LogP contribution in [0.2, 0.25) is 0 Å². The maximum absolute atomic E-state index is 4.75. The molecule has 2 unspecified atom stereocenters. The zero-order valence-electron chi connectivity index (χ0n) is 10.5. The van der Waals surface area contributed by atoms with E-state index in [1.807, 2.05) is 11.8 Å². The summed E-state index contributed by atoms with van der Waals surface area (Å²) >= 11 is 1.84. The summed E-state index contributed by atoms with van der Waals surface area (Å²) in [4.78, 5) is 4.75. The van der Waals surface area contributed by atoms with Crippen molar-refractivity contribution in [2.45, 2.75) is 38.8 Å². The lowest BCUT2D eigenvalue weighted by Crippen LogP contribution is -2.29. The average molecular weight is 248 g/mol. The van der Waals surface area contributed by atoms with E-state index in [1.54, 1.807) is 0 Å². The van der Waals surface area contributed by atoms with E-state index in [1.165, 1.54) is 18.4 Å². The Balaban J connectivity index is 1.95. The first-order valence-corrected chi connectivity index (χ1v) is 7.30. The number of aliphatic imine (C=N–C) groups is 1. The van der Waals surface area contributed by atoms with E-state index in [4.69, 9.17) is 4.99 Å². The molecule has 0 saturated heterocycles. The van der Waals surface area contributed by atoms with Crippen LogP contribution in [0.25, 0.3) is 0 Å². The van der Waals surface area contributed by atoms with Crippen LogP contribution in [0, 0.1) is 0 Å². The topological polar surface area (TPSA) is 24.4 Å². The maximum Gasteiger partial charge on any atom is 0.157 e. The molecule has 1 aliphatic rings. The molecule has 2 atom stereocenters. The van der Waals surface area contributed by atoms with Gasteiger partial charge in [0.2, 0.25) is 0 Å². The molecular weight excluding hydrogens is 228 g/mol. The van der Waals surface area contributed by atoms with E-state index in [0.29, 0.717) is 12.1 Å². The van der Waals surface area contributed by atoms with Gasteiger partial charge in [-0.2, -0.15) is 0 Å². The molecule has 0 bridgehead atoms. The lowest BCUT2D eigenvalue weighted by atomic mass is 10.1. The Morgan fingerprint density at radius 2 is 2.18 bits per heavy atom. The van der Waals surface area contributed by atoms with Crippen LogP contribution >= 0.6 is 11.8 Å². The summed E-state index contributed by atoms with van der Waals surface area (Å²) in [7, 11) is 0. The fourth-order valence-corrected chi connectivity index (χ4v) is 3.08. The third kappa shape index (κ3) is 3.50. The van der Waals surface area contributed by atoms with Crippen molar-refractivity contribution in [3.63, 3.8) is 0 Å². The number of nitrogens with zero attached hydrogens (tertiary/aromatic N) is 1. The second-order valence-electron chi connectivity index (χ2n) is 4.51. The number of nitrogens with one attached hydrogen (secondary N) is 1. The molecule has 0 aliphatic carbocycles.